The van der Waals surface area contributed by atoms with Crippen LogP contribution in [0.15, 0.2) is 24.3 Å². The van der Waals surface area contributed by atoms with Crippen molar-refractivity contribution in [3.63, 3.8) is 0 Å². The Kier molecular flexibility index (Phi) is 4.05. The molecule has 86 valence electrons. The maximum atomic E-state index is 11.8. The molecule has 0 aliphatic heterocycles. The maximum Gasteiger partial charge on any atom is 0.252 e. The summed E-state index contributed by atoms with van der Waals surface area (Å²) < 4.78 is 0. The van der Waals surface area contributed by atoms with Crippen molar-refractivity contribution in [3.05, 3.63) is 35.4 Å². The summed E-state index contributed by atoms with van der Waals surface area (Å²) in [6, 6.07) is 7.33. The molecule has 0 radical (unpaired) electrons. The van der Waals surface area contributed by atoms with Crippen molar-refractivity contribution >= 4 is 11.8 Å². The standard InChI is InChI=1S/C12H16N2O2/c1-8(2)9-5-3-4-6-10(9)12(16)14-7-11(13)15/h3-6,8H,7H2,1-2H3,(H2,13,15)(H,14,16). The van der Waals surface area contributed by atoms with Crippen LogP contribution in [-0.4, -0.2) is 18.4 Å². The van der Waals surface area contributed by atoms with E-state index in [0.29, 0.717) is 5.56 Å². The zero-order chi connectivity index (χ0) is 12.1. The number of amides is 2. The van der Waals surface area contributed by atoms with Gasteiger partial charge in [-0.15, -0.1) is 0 Å². The van der Waals surface area contributed by atoms with E-state index in [-0.39, 0.29) is 18.4 Å². The van der Waals surface area contributed by atoms with Gasteiger partial charge in [-0.3, -0.25) is 9.59 Å². The molecule has 4 heteroatoms. The molecule has 1 aromatic rings. The molecule has 0 fully saturated rings. The second-order valence-corrected chi connectivity index (χ2v) is 3.89. The fourth-order valence-electron chi connectivity index (χ4n) is 1.47. The number of nitrogens with two attached hydrogens (primary N) is 1. The van der Waals surface area contributed by atoms with Crippen LogP contribution in [0, 0.1) is 0 Å². The van der Waals surface area contributed by atoms with E-state index in [2.05, 4.69) is 5.32 Å². The van der Waals surface area contributed by atoms with Crippen LogP contribution >= 0.6 is 0 Å². The molecule has 0 bridgehead atoms. The zero-order valence-corrected chi connectivity index (χ0v) is 9.49. The lowest BCUT2D eigenvalue weighted by atomic mass is 9.97. The summed E-state index contributed by atoms with van der Waals surface area (Å²) >= 11 is 0. The van der Waals surface area contributed by atoms with Gasteiger partial charge in [-0.2, -0.15) is 0 Å². The number of benzene rings is 1. The molecule has 0 aliphatic rings. The Hall–Kier alpha value is -1.84. The second-order valence-electron chi connectivity index (χ2n) is 3.89. The molecule has 0 spiro atoms. The highest BCUT2D eigenvalue weighted by Gasteiger charge is 2.12. The number of carbonyl (C=O) groups is 2. The van der Waals surface area contributed by atoms with Crippen molar-refractivity contribution < 1.29 is 9.59 Å². The first-order valence-corrected chi connectivity index (χ1v) is 5.17. The molecule has 0 saturated carbocycles. The summed E-state index contributed by atoms with van der Waals surface area (Å²) in [6.07, 6.45) is 0. The molecule has 16 heavy (non-hydrogen) atoms. The molecule has 0 aliphatic carbocycles. The molecule has 4 nitrogen and oxygen atoms in total. The first-order valence-electron chi connectivity index (χ1n) is 5.17. The molecule has 0 saturated heterocycles. The van der Waals surface area contributed by atoms with E-state index >= 15 is 0 Å². The van der Waals surface area contributed by atoms with Crippen LogP contribution in [0.4, 0.5) is 0 Å². The lowest BCUT2D eigenvalue weighted by Crippen LogP contribution is -2.33. The Morgan fingerprint density at radius 3 is 2.50 bits per heavy atom. The average molecular weight is 220 g/mol. The highest BCUT2D eigenvalue weighted by atomic mass is 16.2. The van der Waals surface area contributed by atoms with Crippen LogP contribution in [-0.2, 0) is 4.79 Å². The third-order valence-corrected chi connectivity index (χ3v) is 2.25. The quantitative estimate of drug-likeness (QED) is 0.795. The van der Waals surface area contributed by atoms with Crippen molar-refractivity contribution in [2.45, 2.75) is 19.8 Å². The zero-order valence-electron chi connectivity index (χ0n) is 9.49. The smallest absolute Gasteiger partial charge is 0.252 e. The minimum atomic E-state index is -0.546. The van der Waals surface area contributed by atoms with E-state index in [1.165, 1.54) is 0 Å². The van der Waals surface area contributed by atoms with Gasteiger partial charge in [-0.1, -0.05) is 32.0 Å². The molecule has 0 atom stereocenters. The van der Waals surface area contributed by atoms with Gasteiger partial charge in [0, 0.05) is 5.56 Å². The summed E-state index contributed by atoms with van der Waals surface area (Å²) in [6.45, 7) is 3.89. The SMILES string of the molecule is CC(C)c1ccccc1C(=O)NCC(N)=O. The van der Waals surface area contributed by atoms with E-state index in [9.17, 15) is 9.59 Å². The van der Waals surface area contributed by atoms with E-state index in [4.69, 9.17) is 5.73 Å². The Bertz CT molecular complexity index is 400. The van der Waals surface area contributed by atoms with E-state index in [1.54, 1.807) is 12.1 Å². The van der Waals surface area contributed by atoms with E-state index in [0.717, 1.165) is 5.56 Å². The van der Waals surface area contributed by atoms with E-state index < -0.39 is 5.91 Å². The lowest BCUT2D eigenvalue weighted by Gasteiger charge is -2.11. The number of carbonyl (C=O) groups excluding carboxylic acids is 2. The number of hydrogen-bond donors (Lipinski definition) is 2. The summed E-state index contributed by atoms with van der Waals surface area (Å²) in [7, 11) is 0. The van der Waals surface area contributed by atoms with Gasteiger partial charge in [0.05, 0.1) is 6.54 Å². The van der Waals surface area contributed by atoms with Gasteiger partial charge in [-0.25, -0.2) is 0 Å². The predicted molar refractivity (Wildman–Crippen MR) is 62.1 cm³/mol. The molecule has 0 unspecified atom stereocenters. The fraction of sp³-hybridized carbons (Fsp3) is 0.333. The van der Waals surface area contributed by atoms with E-state index in [1.807, 2.05) is 26.0 Å². The van der Waals surface area contributed by atoms with Crippen molar-refractivity contribution in [1.29, 1.82) is 0 Å². The number of primary amides is 1. The Balaban J connectivity index is 2.86. The van der Waals surface area contributed by atoms with Crippen LogP contribution in [0.1, 0.15) is 35.7 Å². The van der Waals surface area contributed by atoms with Gasteiger partial charge < -0.3 is 11.1 Å². The summed E-state index contributed by atoms with van der Waals surface area (Å²) in [5, 5.41) is 2.48. The van der Waals surface area contributed by atoms with Crippen molar-refractivity contribution in [3.8, 4) is 0 Å². The number of hydrogen-bond acceptors (Lipinski definition) is 2. The highest BCUT2D eigenvalue weighted by Crippen LogP contribution is 2.18. The number of rotatable bonds is 4. The molecular weight excluding hydrogens is 204 g/mol. The Labute approximate surface area is 94.8 Å². The normalized spacial score (nSPS) is 10.2. The van der Waals surface area contributed by atoms with Gasteiger partial charge in [0.15, 0.2) is 0 Å². The molecule has 3 N–H and O–H groups in total. The molecule has 0 heterocycles. The fourth-order valence-corrected chi connectivity index (χ4v) is 1.47. The molecule has 2 amide bonds. The first kappa shape index (κ1) is 12.2. The number of nitrogens with one attached hydrogen (secondary N) is 1. The van der Waals surface area contributed by atoms with Crippen LogP contribution in [0.3, 0.4) is 0 Å². The van der Waals surface area contributed by atoms with Crippen LogP contribution in [0.5, 0.6) is 0 Å². The lowest BCUT2D eigenvalue weighted by molar-refractivity contribution is -0.117. The minimum absolute atomic E-state index is 0.134. The molecular formula is C12H16N2O2. The Morgan fingerprint density at radius 1 is 1.31 bits per heavy atom. The predicted octanol–water partition coefficient (Wildman–Crippen LogP) is 1.03. The monoisotopic (exact) mass is 220 g/mol. The van der Waals surface area contributed by atoms with Crippen LogP contribution < -0.4 is 11.1 Å². The molecule has 1 aromatic carbocycles. The Morgan fingerprint density at radius 2 is 1.94 bits per heavy atom. The summed E-state index contributed by atoms with van der Waals surface area (Å²) in [4.78, 5) is 22.3. The van der Waals surface area contributed by atoms with Gasteiger partial charge >= 0.3 is 0 Å². The van der Waals surface area contributed by atoms with Gasteiger partial charge in [0.1, 0.15) is 0 Å². The van der Waals surface area contributed by atoms with Gasteiger partial charge in [-0.05, 0) is 17.5 Å². The third-order valence-electron chi connectivity index (χ3n) is 2.25. The van der Waals surface area contributed by atoms with Gasteiger partial charge in [0.2, 0.25) is 5.91 Å². The van der Waals surface area contributed by atoms with Crippen molar-refractivity contribution in [2.24, 2.45) is 5.73 Å². The molecule has 1 rings (SSSR count). The largest absolute Gasteiger partial charge is 0.368 e. The second kappa shape index (κ2) is 5.30. The van der Waals surface area contributed by atoms with Gasteiger partial charge in [0.25, 0.3) is 5.91 Å². The van der Waals surface area contributed by atoms with Crippen LogP contribution in [0.25, 0.3) is 0 Å². The average Bonchev–Trinajstić information content (AvgIpc) is 2.25. The van der Waals surface area contributed by atoms with Crippen molar-refractivity contribution in [1.82, 2.24) is 5.32 Å². The van der Waals surface area contributed by atoms with Crippen molar-refractivity contribution in [2.75, 3.05) is 6.54 Å². The van der Waals surface area contributed by atoms with Crippen LogP contribution in [0.2, 0.25) is 0 Å². The first-order chi connectivity index (χ1) is 7.52. The summed E-state index contributed by atoms with van der Waals surface area (Å²) in [5.41, 5.74) is 6.52. The summed E-state index contributed by atoms with van der Waals surface area (Å²) in [5.74, 6) is -0.547. The maximum absolute atomic E-state index is 11.8. The highest BCUT2D eigenvalue weighted by molar-refractivity contribution is 5.97. The molecule has 0 aromatic heterocycles. The third kappa shape index (κ3) is 3.08. The topological polar surface area (TPSA) is 72.2 Å². The minimum Gasteiger partial charge on any atom is -0.368 e.